The van der Waals surface area contributed by atoms with Gasteiger partial charge < -0.3 is 13.8 Å². The summed E-state index contributed by atoms with van der Waals surface area (Å²) >= 11 is 0. The molecule has 0 atom stereocenters. The Morgan fingerprint density at radius 1 is 0.962 bits per heavy atom. The summed E-state index contributed by atoms with van der Waals surface area (Å²) in [6, 6.07) is 6.08. The molecule has 0 amide bonds. The number of rotatable bonds is 8. The molecule has 1 aromatic carbocycles. The monoisotopic (exact) mass is 355 g/mol. The third-order valence-electron chi connectivity index (χ3n) is 4.16. The van der Waals surface area contributed by atoms with Gasteiger partial charge in [0, 0.05) is 18.1 Å². The maximum absolute atomic E-state index is 6.01. The van der Waals surface area contributed by atoms with Crippen molar-refractivity contribution in [3.8, 4) is 17.2 Å². The Morgan fingerprint density at radius 3 is 2.38 bits per heavy atom. The number of aromatic nitrogens is 3. The van der Waals surface area contributed by atoms with E-state index in [1.807, 2.05) is 39.0 Å². The zero-order valence-corrected chi connectivity index (χ0v) is 15.8. The van der Waals surface area contributed by atoms with Gasteiger partial charge in [-0.05, 0) is 56.9 Å². The second kappa shape index (κ2) is 8.17. The average Bonchev–Trinajstić information content (AvgIpc) is 3.23. The summed E-state index contributed by atoms with van der Waals surface area (Å²) in [5.41, 5.74) is 4.06. The SMILES string of the molecule is CCCc1cc(CCCOc2c(C)cc(-c3nc(C)no3)cc2C)on1. The summed E-state index contributed by atoms with van der Waals surface area (Å²) in [5.74, 6) is 3.00. The highest BCUT2D eigenvalue weighted by Crippen LogP contribution is 2.29. The van der Waals surface area contributed by atoms with Gasteiger partial charge in [0.25, 0.3) is 5.89 Å². The lowest BCUT2D eigenvalue weighted by Crippen LogP contribution is -2.02. The minimum absolute atomic E-state index is 0.536. The number of ether oxygens (including phenoxy) is 1. The minimum Gasteiger partial charge on any atom is -0.493 e. The molecule has 0 spiro atoms. The number of aryl methyl sites for hydroxylation is 5. The van der Waals surface area contributed by atoms with Gasteiger partial charge >= 0.3 is 0 Å². The Morgan fingerprint density at radius 2 is 1.73 bits per heavy atom. The van der Waals surface area contributed by atoms with Crippen LogP contribution in [0.15, 0.2) is 27.2 Å². The standard InChI is InChI=1S/C20H25N3O3/c1-5-7-17-12-18(25-23-17)8-6-9-24-19-13(2)10-16(11-14(19)3)20-21-15(4)22-26-20/h10-12H,5-9H2,1-4H3. The Balaban J connectivity index is 1.57. The first-order valence-electron chi connectivity index (χ1n) is 9.06. The van der Waals surface area contributed by atoms with Gasteiger partial charge in [0.15, 0.2) is 5.82 Å². The molecular weight excluding hydrogens is 330 g/mol. The van der Waals surface area contributed by atoms with Gasteiger partial charge in [-0.25, -0.2) is 0 Å². The van der Waals surface area contributed by atoms with Crippen LogP contribution in [-0.2, 0) is 12.8 Å². The van der Waals surface area contributed by atoms with Crippen molar-refractivity contribution in [2.75, 3.05) is 6.61 Å². The van der Waals surface area contributed by atoms with Crippen LogP contribution < -0.4 is 4.74 Å². The van der Waals surface area contributed by atoms with Gasteiger partial charge in [0.05, 0.1) is 12.3 Å². The van der Waals surface area contributed by atoms with Gasteiger partial charge in [0.1, 0.15) is 11.5 Å². The summed E-state index contributed by atoms with van der Waals surface area (Å²) < 4.78 is 16.6. The molecule has 0 radical (unpaired) electrons. The van der Waals surface area contributed by atoms with Crippen LogP contribution in [0.1, 0.15) is 48.2 Å². The molecule has 0 bridgehead atoms. The summed E-state index contributed by atoms with van der Waals surface area (Å²) in [7, 11) is 0. The largest absolute Gasteiger partial charge is 0.493 e. The molecule has 0 unspecified atom stereocenters. The molecule has 2 aromatic heterocycles. The van der Waals surface area contributed by atoms with Gasteiger partial charge in [-0.3, -0.25) is 0 Å². The zero-order chi connectivity index (χ0) is 18.5. The van der Waals surface area contributed by atoms with Crippen molar-refractivity contribution >= 4 is 0 Å². The lowest BCUT2D eigenvalue weighted by Gasteiger charge is -2.13. The Bertz CT molecular complexity index is 844. The Kier molecular flexibility index (Phi) is 5.71. The van der Waals surface area contributed by atoms with Crippen molar-refractivity contribution in [2.45, 2.75) is 53.4 Å². The smallest absolute Gasteiger partial charge is 0.257 e. The fraction of sp³-hybridized carbons (Fsp3) is 0.450. The molecule has 3 aromatic rings. The van der Waals surface area contributed by atoms with Crippen molar-refractivity contribution in [3.63, 3.8) is 0 Å². The first kappa shape index (κ1) is 18.2. The molecule has 0 saturated carbocycles. The van der Waals surface area contributed by atoms with Gasteiger partial charge in [-0.15, -0.1) is 0 Å². The quantitative estimate of drug-likeness (QED) is 0.549. The van der Waals surface area contributed by atoms with Crippen molar-refractivity contribution in [1.82, 2.24) is 15.3 Å². The molecule has 138 valence electrons. The lowest BCUT2D eigenvalue weighted by atomic mass is 10.1. The van der Waals surface area contributed by atoms with E-state index in [0.717, 1.165) is 59.6 Å². The molecule has 0 aliphatic carbocycles. The molecule has 26 heavy (non-hydrogen) atoms. The van der Waals surface area contributed by atoms with E-state index in [2.05, 4.69) is 22.2 Å². The second-order valence-electron chi connectivity index (χ2n) is 6.57. The van der Waals surface area contributed by atoms with E-state index < -0.39 is 0 Å². The predicted octanol–water partition coefficient (Wildman–Crippen LogP) is 4.61. The molecule has 0 fully saturated rings. The van der Waals surface area contributed by atoms with Crippen molar-refractivity contribution in [3.05, 3.63) is 46.6 Å². The first-order chi connectivity index (χ1) is 12.6. The number of benzene rings is 1. The van der Waals surface area contributed by atoms with E-state index in [0.29, 0.717) is 18.3 Å². The fourth-order valence-corrected chi connectivity index (χ4v) is 2.98. The summed E-state index contributed by atoms with van der Waals surface area (Å²) in [4.78, 5) is 4.28. The topological polar surface area (TPSA) is 74.2 Å². The predicted molar refractivity (Wildman–Crippen MR) is 98.3 cm³/mol. The van der Waals surface area contributed by atoms with E-state index in [1.165, 1.54) is 0 Å². The highest BCUT2D eigenvalue weighted by Gasteiger charge is 2.12. The van der Waals surface area contributed by atoms with E-state index in [-0.39, 0.29) is 0 Å². The summed E-state index contributed by atoms with van der Waals surface area (Å²) in [6.45, 7) is 8.64. The Labute approximate surface area is 153 Å². The second-order valence-corrected chi connectivity index (χ2v) is 6.57. The van der Waals surface area contributed by atoms with Crippen LogP contribution in [0.25, 0.3) is 11.5 Å². The molecule has 0 N–H and O–H groups in total. The summed E-state index contributed by atoms with van der Waals surface area (Å²) in [5, 5.41) is 7.92. The summed E-state index contributed by atoms with van der Waals surface area (Å²) in [6.07, 6.45) is 3.75. The van der Waals surface area contributed by atoms with E-state index in [4.69, 9.17) is 13.8 Å². The van der Waals surface area contributed by atoms with Crippen molar-refractivity contribution < 1.29 is 13.8 Å². The maximum Gasteiger partial charge on any atom is 0.257 e. The van der Waals surface area contributed by atoms with Crippen LogP contribution in [-0.4, -0.2) is 21.9 Å². The maximum atomic E-state index is 6.01. The van der Waals surface area contributed by atoms with Gasteiger partial charge in [-0.1, -0.05) is 23.7 Å². The third kappa shape index (κ3) is 4.31. The minimum atomic E-state index is 0.536. The molecule has 0 saturated heterocycles. The highest BCUT2D eigenvalue weighted by molar-refractivity contribution is 5.60. The van der Waals surface area contributed by atoms with E-state index >= 15 is 0 Å². The van der Waals surface area contributed by atoms with Gasteiger partial charge in [0.2, 0.25) is 0 Å². The molecular formula is C20H25N3O3. The van der Waals surface area contributed by atoms with E-state index in [1.54, 1.807) is 0 Å². The first-order valence-corrected chi connectivity index (χ1v) is 9.06. The van der Waals surface area contributed by atoms with Crippen LogP contribution in [0.3, 0.4) is 0 Å². The zero-order valence-electron chi connectivity index (χ0n) is 15.8. The third-order valence-corrected chi connectivity index (χ3v) is 4.16. The van der Waals surface area contributed by atoms with Crippen LogP contribution in [0.4, 0.5) is 0 Å². The molecule has 0 aliphatic heterocycles. The normalized spacial score (nSPS) is 11.1. The lowest BCUT2D eigenvalue weighted by molar-refractivity contribution is 0.296. The number of hydrogen-bond acceptors (Lipinski definition) is 6. The Hall–Kier alpha value is -2.63. The molecule has 2 heterocycles. The molecule has 6 heteroatoms. The van der Waals surface area contributed by atoms with Crippen molar-refractivity contribution in [2.24, 2.45) is 0 Å². The van der Waals surface area contributed by atoms with Crippen LogP contribution in [0.5, 0.6) is 5.75 Å². The number of hydrogen-bond donors (Lipinski definition) is 0. The van der Waals surface area contributed by atoms with Crippen LogP contribution >= 0.6 is 0 Å². The van der Waals surface area contributed by atoms with E-state index in [9.17, 15) is 0 Å². The van der Waals surface area contributed by atoms with Crippen molar-refractivity contribution in [1.29, 1.82) is 0 Å². The fourth-order valence-electron chi connectivity index (χ4n) is 2.98. The molecule has 3 rings (SSSR count). The van der Waals surface area contributed by atoms with Gasteiger partial charge in [-0.2, -0.15) is 4.98 Å². The van der Waals surface area contributed by atoms with Crippen LogP contribution in [0, 0.1) is 20.8 Å². The molecule has 6 nitrogen and oxygen atoms in total. The number of nitrogens with zero attached hydrogens (tertiary/aromatic N) is 3. The molecule has 0 aliphatic rings. The average molecular weight is 355 g/mol. The van der Waals surface area contributed by atoms with Crippen LogP contribution in [0.2, 0.25) is 0 Å². The highest BCUT2D eigenvalue weighted by atomic mass is 16.5.